The van der Waals surface area contributed by atoms with Gasteiger partial charge in [0.1, 0.15) is 5.82 Å². The number of benzene rings is 2. The molecular formula is C25H27FN2O4S. The van der Waals surface area contributed by atoms with E-state index in [0.717, 1.165) is 11.1 Å². The van der Waals surface area contributed by atoms with Crippen molar-refractivity contribution in [2.45, 2.75) is 44.9 Å². The molecule has 1 aromatic heterocycles. The lowest BCUT2D eigenvalue weighted by Gasteiger charge is -2.18. The Morgan fingerprint density at radius 1 is 1.09 bits per heavy atom. The van der Waals surface area contributed by atoms with Crippen molar-refractivity contribution < 1.29 is 22.3 Å². The van der Waals surface area contributed by atoms with Gasteiger partial charge in [-0.3, -0.25) is 4.79 Å². The number of nitrogens with one attached hydrogen (secondary N) is 1. The molecule has 1 heterocycles. The summed E-state index contributed by atoms with van der Waals surface area (Å²) in [6.45, 7) is 7.46. The number of hydrogen-bond donors (Lipinski definition) is 1. The van der Waals surface area contributed by atoms with E-state index in [1.54, 1.807) is 25.1 Å². The van der Waals surface area contributed by atoms with Crippen molar-refractivity contribution in [1.82, 2.24) is 9.71 Å². The minimum absolute atomic E-state index is 0.0150. The first kappa shape index (κ1) is 24.4. The fraction of sp³-hybridized carbons (Fsp3) is 0.280. The molecule has 33 heavy (non-hydrogen) atoms. The standard InChI is InChI=1S/C25H27FN2O4S/c1-15(2)21-12-19(26)13-22(18-8-9-27-25(11-18)32-5)23(21)14-24(29)28-33(30,31)20-7-6-16(3)17(4)10-20/h6-13,15H,14H2,1-5H3,(H,28,29). The number of aromatic nitrogens is 1. The fourth-order valence-electron chi connectivity index (χ4n) is 3.60. The van der Waals surface area contributed by atoms with Crippen molar-refractivity contribution in [3.63, 3.8) is 0 Å². The number of rotatable bonds is 7. The highest BCUT2D eigenvalue weighted by molar-refractivity contribution is 7.90. The van der Waals surface area contributed by atoms with E-state index < -0.39 is 21.7 Å². The Balaban J connectivity index is 2.01. The number of hydrogen-bond acceptors (Lipinski definition) is 5. The number of aryl methyl sites for hydroxylation is 2. The number of methoxy groups -OCH3 is 1. The lowest BCUT2D eigenvalue weighted by atomic mass is 9.88. The topological polar surface area (TPSA) is 85.4 Å². The molecule has 0 aliphatic carbocycles. The molecule has 6 nitrogen and oxygen atoms in total. The van der Waals surface area contributed by atoms with Crippen LogP contribution in [-0.4, -0.2) is 26.4 Å². The molecule has 0 bridgehead atoms. The summed E-state index contributed by atoms with van der Waals surface area (Å²) < 4.78 is 47.4. The number of nitrogens with zero attached hydrogens (tertiary/aromatic N) is 1. The molecule has 0 aliphatic heterocycles. The van der Waals surface area contributed by atoms with Crippen molar-refractivity contribution >= 4 is 15.9 Å². The zero-order valence-electron chi connectivity index (χ0n) is 19.3. The van der Waals surface area contributed by atoms with Gasteiger partial charge >= 0.3 is 0 Å². The highest BCUT2D eigenvalue weighted by atomic mass is 32.2. The number of halogens is 1. The summed E-state index contributed by atoms with van der Waals surface area (Å²) in [6.07, 6.45) is 1.29. The molecule has 2 aromatic carbocycles. The summed E-state index contributed by atoms with van der Waals surface area (Å²) in [5.41, 5.74) is 4.03. The summed E-state index contributed by atoms with van der Waals surface area (Å²) in [7, 11) is -2.58. The van der Waals surface area contributed by atoms with Gasteiger partial charge in [-0.05, 0) is 83.5 Å². The van der Waals surface area contributed by atoms with Gasteiger partial charge in [0.25, 0.3) is 10.0 Å². The van der Waals surface area contributed by atoms with E-state index in [-0.39, 0.29) is 17.2 Å². The van der Waals surface area contributed by atoms with E-state index in [1.807, 2.05) is 20.8 Å². The summed E-state index contributed by atoms with van der Waals surface area (Å²) in [6, 6.07) is 10.7. The van der Waals surface area contributed by atoms with Gasteiger partial charge in [-0.2, -0.15) is 0 Å². The molecule has 3 rings (SSSR count). The molecule has 1 N–H and O–H groups in total. The van der Waals surface area contributed by atoms with Crippen LogP contribution in [0.4, 0.5) is 4.39 Å². The molecule has 0 atom stereocenters. The fourth-order valence-corrected chi connectivity index (χ4v) is 4.67. The molecule has 174 valence electrons. The van der Waals surface area contributed by atoms with Crippen molar-refractivity contribution in [2.24, 2.45) is 0 Å². The second-order valence-electron chi connectivity index (χ2n) is 8.21. The molecular weight excluding hydrogens is 443 g/mol. The Hall–Kier alpha value is -3.26. The van der Waals surface area contributed by atoms with Crippen LogP contribution in [0.15, 0.2) is 53.6 Å². The Morgan fingerprint density at radius 3 is 2.45 bits per heavy atom. The molecule has 0 spiro atoms. The maximum Gasteiger partial charge on any atom is 0.264 e. The Morgan fingerprint density at radius 2 is 1.82 bits per heavy atom. The maximum absolute atomic E-state index is 14.5. The minimum atomic E-state index is -4.05. The van der Waals surface area contributed by atoms with Gasteiger partial charge < -0.3 is 4.74 Å². The third-order valence-corrected chi connectivity index (χ3v) is 6.87. The number of sulfonamides is 1. The molecule has 0 aliphatic rings. The molecule has 3 aromatic rings. The molecule has 0 saturated heterocycles. The number of carbonyl (C=O) groups excluding carboxylic acids is 1. The normalized spacial score (nSPS) is 11.5. The first-order valence-electron chi connectivity index (χ1n) is 10.5. The molecule has 0 radical (unpaired) electrons. The summed E-state index contributed by atoms with van der Waals surface area (Å²) in [5.74, 6) is -0.904. The minimum Gasteiger partial charge on any atom is -0.481 e. The smallest absolute Gasteiger partial charge is 0.264 e. The maximum atomic E-state index is 14.5. The zero-order chi connectivity index (χ0) is 24.3. The van der Waals surface area contributed by atoms with E-state index >= 15 is 0 Å². The summed E-state index contributed by atoms with van der Waals surface area (Å²) >= 11 is 0. The largest absolute Gasteiger partial charge is 0.481 e. The Bertz CT molecular complexity index is 1300. The quantitative estimate of drug-likeness (QED) is 0.542. The first-order valence-corrected chi connectivity index (χ1v) is 12.0. The van der Waals surface area contributed by atoms with Crippen LogP contribution < -0.4 is 9.46 Å². The van der Waals surface area contributed by atoms with E-state index in [4.69, 9.17) is 4.74 Å². The van der Waals surface area contributed by atoms with Crippen molar-refractivity contribution in [1.29, 1.82) is 0 Å². The van der Waals surface area contributed by atoms with Gasteiger partial charge in [0.2, 0.25) is 11.8 Å². The van der Waals surface area contributed by atoms with Crippen LogP contribution in [0.1, 0.15) is 42.0 Å². The van der Waals surface area contributed by atoms with Gasteiger partial charge in [-0.1, -0.05) is 19.9 Å². The van der Waals surface area contributed by atoms with Crippen LogP contribution in [0.5, 0.6) is 5.88 Å². The van der Waals surface area contributed by atoms with Gasteiger partial charge in [-0.25, -0.2) is 22.5 Å². The number of amides is 1. The van der Waals surface area contributed by atoms with Gasteiger partial charge in [0, 0.05) is 12.3 Å². The number of carbonyl (C=O) groups is 1. The zero-order valence-corrected chi connectivity index (χ0v) is 20.1. The molecule has 8 heteroatoms. The van der Waals surface area contributed by atoms with E-state index in [0.29, 0.717) is 28.1 Å². The average Bonchev–Trinajstić information content (AvgIpc) is 2.75. The Kier molecular flexibility index (Phi) is 7.17. The van der Waals surface area contributed by atoms with Crippen LogP contribution in [0.3, 0.4) is 0 Å². The summed E-state index contributed by atoms with van der Waals surface area (Å²) in [5, 5.41) is 0. The molecule has 0 fully saturated rings. The third-order valence-electron chi connectivity index (χ3n) is 5.50. The lowest BCUT2D eigenvalue weighted by molar-refractivity contribution is -0.118. The van der Waals surface area contributed by atoms with Crippen LogP contribution >= 0.6 is 0 Å². The predicted molar refractivity (Wildman–Crippen MR) is 125 cm³/mol. The van der Waals surface area contributed by atoms with Crippen LogP contribution in [-0.2, 0) is 21.2 Å². The first-order chi connectivity index (χ1) is 15.5. The second kappa shape index (κ2) is 9.70. The Labute approximate surface area is 193 Å². The SMILES string of the molecule is COc1cc(-c2cc(F)cc(C(C)C)c2CC(=O)NS(=O)(=O)c2ccc(C)c(C)c2)ccn1. The monoisotopic (exact) mass is 470 g/mol. The molecule has 1 amide bonds. The van der Waals surface area contributed by atoms with Gasteiger partial charge in [0.15, 0.2) is 0 Å². The molecule has 0 unspecified atom stereocenters. The average molecular weight is 471 g/mol. The van der Waals surface area contributed by atoms with E-state index in [9.17, 15) is 17.6 Å². The van der Waals surface area contributed by atoms with Crippen LogP contribution in [0, 0.1) is 19.7 Å². The lowest BCUT2D eigenvalue weighted by Crippen LogP contribution is -2.32. The van der Waals surface area contributed by atoms with Crippen molar-refractivity contribution in [2.75, 3.05) is 7.11 Å². The van der Waals surface area contributed by atoms with Crippen molar-refractivity contribution in [3.8, 4) is 17.0 Å². The van der Waals surface area contributed by atoms with Gasteiger partial charge in [-0.15, -0.1) is 0 Å². The highest BCUT2D eigenvalue weighted by Crippen LogP contribution is 2.33. The van der Waals surface area contributed by atoms with E-state index in [2.05, 4.69) is 9.71 Å². The van der Waals surface area contributed by atoms with Crippen molar-refractivity contribution in [3.05, 3.63) is 76.7 Å². The van der Waals surface area contributed by atoms with Gasteiger partial charge in [0.05, 0.1) is 18.4 Å². The predicted octanol–water partition coefficient (Wildman–Crippen LogP) is 4.68. The molecule has 0 saturated carbocycles. The number of ether oxygens (including phenoxy) is 1. The number of pyridine rings is 1. The second-order valence-corrected chi connectivity index (χ2v) is 9.90. The van der Waals surface area contributed by atoms with Crippen LogP contribution in [0.25, 0.3) is 11.1 Å². The highest BCUT2D eigenvalue weighted by Gasteiger charge is 2.22. The van der Waals surface area contributed by atoms with E-state index in [1.165, 1.54) is 37.6 Å². The third kappa shape index (κ3) is 5.57. The van der Waals surface area contributed by atoms with Crippen LogP contribution in [0.2, 0.25) is 0 Å². The summed E-state index contributed by atoms with van der Waals surface area (Å²) in [4.78, 5) is 17.0.